The maximum Gasteiger partial charge on any atom is 0.326 e. The minimum absolute atomic E-state index is 0.0795. The second kappa shape index (κ2) is 6.29. The van der Waals surface area contributed by atoms with Gasteiger partial charge >= 0.3 is 5.97 Å². The van der Waals surface area contributed by atoms with Crippen LogP contribution in [-0.4, -0.2) is 34.0 Å². The summed E-state index contributed by atoms with van der Waals surface area (Å²) < 4.78 is 0. The van der Waals surface area contributed by atoms with Crippen LogP contribution in [-0.2, 0) is 16.0 Å². The molecule has 3 atom stereocenters. The van der Waals surface area contributed by atoms with Crippen LogP contribution in [0.5, 0.6) is 0 Å². The van der Waals surface area contributed by atoms with Gasteiger partial charge in [-0.25, -0.2) is 4.79 Å². The van der Waals surface area contributed by atoms with Gasteiger partial charge in [0.15, 0.2) is 0 Å². The maximum atomic E-state index is 12.7. The van der Waals surface area contributed by atoms with Crippen molar-refractivity contribution in [3.63, 3.8) is 0 Å². The summed E-state index contributed by atoms with van der Waals surface area (Å²) in [7, 11) is 0. The summed E-state index contributed by atoms with van der Waals surface area (Å²) in [4.78, 5) is 25.9. The summed E-state index contributed by atoms with van der Waals surface area (Å²) >= 11 is 5.86. The highest BCUT2D eigenvalue weighted by atomic mass is 35.5. The lowest BCUT2D eigenvalue weighted by Gasteiger charge is -2.33. The van der Waals surface area contributed by atoms with E-state index in [2.05, 4.69) is 0 Å². The van der Waals surface area contributed by atoms with E-state index in [0.29, 0.717) is 17.4 Å². The van der Waals surface area contributed by atoms with Crippen molar-refractivity contribution in [3.05, 3.63) is 34.9 Å². The minimum atomic E-state index is -0.876. The molecule has 3 unspecified atom stereocenters. The Balaban J connectivity index is 1.78. The van der Waals surface area contributed by atoms with Crippen molar-refractivity contribution in [3.8, 4) is 0 Å². The zero-order valence-electron chi connectivity index (χ0n) is 12.4. The summed E-state index contributed by atoms with van der Waals surface area (Å²) in [5.41, 5.74) is 0.873. The number of likely N-dealkylation sites (tertiary alicyclic amines) is 1. The number of fused-ring (bicyclic) bond motifs is 1. The average Bonchev–Trinajstić information content (AvgIpc) is 2.89. The summed E-state index contributed by atoms with van der Waals surface area (Å²) in [5, 5.41) is 10.1. The normalized spacial score (nSPS) is 27.5. The molecule has 1 heterocycles. The molecular formula is C17H20ClNO3. The standard InChI is InChI=1S/C17H20ClNO3/c18-13-7-5-11(6-8-13)9-16(20)19-14-4-2-1-3-12(14)10-15(19)17(21)22/h5-8,12,14-15H,1-4,9-10H2,(H,21,22). The van der Waals surface area contributed by atoms with Gasteiger partial charge in [-0.2, -0.15) is 0 Å². The van der Waals surface area contributed by atoms with E-state index < -0.39 is 12.0 Å². The zero-order chi connectivity index (χ0) is 15.7. The second-order valence-corrected chi connectivity index (χ2v) is 6.74. The number of carbonyl (C=O) groups is 2. The molecule has 0 radical (unpaired) electrons. The molecule has 1 aliphatic heterocycles. The zero-order valence-corrected chi connectivity index (χ0v) is 13.1. The third-order valence-corrected chi connectivity index (χ3v) is 5.18. The molecule has 1 saturated carbocycles. The molecular weight excluding hydrogens is 302 g/mol. The Kier molecular flexibility index (Phi) is 4.39. The molecule has 2 fully saturated rings. The van der Waals surface area contributed by atoms with E-state index >= 15 is 0 Å². The van der Waals surface area contributed by atoms with Gasteiger partial charge in [-0.05, 0) is 42.9 Å². The number of carboxylic acid groups (broad SMARTS) is 1. The predicted octanol–water partition coefficient (Wildman–Crippen LogP) is 3.13. The van der Waals surface area contributed by atoms with Gasteiger partial charge in [0, 0.05) is 11.1 Å². The smallest absolute Gasteiger partial charge is 0.326 e. The fourth-order valence-electron chi connectivity index (χ4n) is 3.91. The summed E-state index contributed by atoms with van der Waals surface area (Å²) in [6.45, 7) is 0. The van der Waals surface area contributed by atoms with Crippen LogP contribution in [0.4, 0.5) is 0 Å². The quantitative estimate of drug-likeness (QED) is 0.930. The number of amides is 1. The SMILES string of the molecule is O=C(O)C1CC2CCCCC2N1C(=O)Cc1ccc(Cl)cc1. The summed E-state index contributed by atoms with van der Waals surface area (Å²) in [6, 6.07) is 6.61. The molecule has 22 heavy (non-hydrogen) atoms. The average molecular weight is 322 g/mol. The van der Waals surface area contributed by atoms with Crippen LogP contribution >= 0.6 is 11.6 Å². The first-order valence-corrected chi connectivity index (χ1v) is 8.22. The molecule has 118 valence electrons. The van der Waals surface area contributed by atoms with Crippen molar-refractivity contribution in [2.75, 3.05) is 0 Å². The monoisotopic (exact) mass is 321 g/mol. The topological polar surface area (TPSA) is 57.6 Å². The van der Waals surface area contributed by atoms with Crippen LogP contribution in [0.25, 0.3) is 0 Å². The van der Waals surface area contributed by atoms with Crippen LogP contribution in [0.2, 0.25) is 5.02 Å². The van der Waals surface area contributed by atoms with Gasteiger partial charge in [-0.3, -0.25) is 4.79 Å². The highest BCUT2D eigenvalue weighted by molar-refractivity contribution is 6.30. The number of aliphatic carboxylic acids is 1. The van der Waals surface area contributed by atoms with Crippen molar-refractivity contribution in [2.24, 2.45) is 5.92 Å². The van der Waals surface area contributed by atoms with Gasteiger partial charge < -0.3 is 10.0 Å². The van der Waals surface area contributed by atoms with Crippen LogP contribution in [0, 0.1) is 5.92 Å². The highest BCUT2D eigenvalue weighted by Gasteiger charge is 2.47. The van der Waals surface area contributed by atoms with Crippen LogP contribution < -0.4 is 0 Å². The van der Waals surface area contributed by atoms with E-state index in [0.717, 1.165) is 31.2 Å². The molecule has 1 N–H and O–H groups in total. The van der Waals surface area contributed by atoms with Gasteiger partial charge in [0.05, 0.1) is 6.42 Å². The van der Waals surface area contributed by atoms with E-state index in [4.69, 9.17) is 11.6 Å². The molecule has 4 nitrogen and oxygen atoms in total. The number of carboxylic acids is 1. The van der Waals surface area contributed by atoms with Gasteiger partial charge in [-0.1, -0.05) is 36.6 Å². The third kappa shape index (κ3) is 2.98. The second-order valence-electron chi connectivity index (χ2n) is 6.31. The number of benzene rings is 1. The van der Waals surface area contributed by atoms with Crippen molar-refractivity contribution in [2.45, 2.75) is 50.6 Å². The van der Waals surface area contributed by atoms with Gasteiger partial charge in [0.25, 0.3) is 0 Å². The van der Waals surface area contributed by atoms with Crippen LogP contribution in [0.15, 0.2) is 24.3 Å². The van der Waals surface area contributed by atoms with Crippen molar-refractivity contribution >= 4 is 23.5 Å². The van der Waals surface area contributed by atoms with Crippen molar-refractivity contribution in [1.29, 1.82) is 0 Å². The van der Waals surface area contributed by atoms with Crippen molar-refractivity contribution < 1.29 is 14.7 Å². The lowest BCUT2D eigenvalue weighted by molar-refractivity contribution is -0.149. The molecule has 5 heteroatoms. The number of hydrogen-bond acceptors (Lipinski definition) is 2. The summed E-state index contributed by atoms with van der Waals surface area (Å²) in [6.07, 6.45) is 5.04. The Morgan fingerprint density at radius 1 is 1.18 bits per heavy atom. The molecule has 0 aromatic heterocycles. The minimum Gasteiger partial charge on any atom is -0.480 e. The number of carbonyl (C=O) groups excluding carboxylic acids is 1. The molecule has 1 aromatic carbocycles. The molecule has 1 aromatic rings. The first-order valence-electron chi connectivity index (χ1n) is 7.84. The van der Waals surface area contributed by atoms with E-state index in [1.54, 1.807) is 17.0 Å². The lowest BCUT2D eigenvalue weighted by Crippen LogP contribution is -2.46. The highest BCUT2D eigenvalue weighted by Crippen LogP contribution is 2.40. The van der Waals surface area contributed by atoms with Crippen LogP contribution in [0.3, 0.4) is 0 Å². The van der Waals surface area contributed by atoms with Crippen LogP contribution in [0.1, 0.15) is 37.7 Å². The van der Waals surface area contributed by atoms with E-state index in [9.17, 15) is 14.7 Å². The Morgan fingerprint density at radius 3 is 2.55 bits per heavy atom. The number of nitrogens with zero attached hydrogens (tertiary/aromatic N) is 1. The number of hydrogen-bond donors (Lipinski definition) is 1. The Labute approximate surface area is 135 Å². The molecule has 3 rings (SSSR count). The Hall–Kier alpha value is -1.55. The fourth-order valence-corrected chi connectivity index (χ4v) is 4.03. The molecule has 2 aliphatic rings. The predicted molar refractivity (Wildman–Crippen MR) is 83.8 cm³/mol. The summed E-state index contributed by atoms with van der Waals surface area (Å²) in [5.74, 6) is -0.605. The third-order valence-electron chi connectivity index (χ3n) is 4.93. The first-order chi connectivity index (χ1) is 10.6. The van der Waals surface area contributed by atoms with E-state index in [1.807, 2.05) is 12.1 Å². The first kappa shape index (κ1) is 15.3. The molecule has 0 spiro atoms. The Morgan fingerprint density at radius 2 is 1.86 bits per heavy atom. The van der Waals surface area contributed by atoms with Gasteiger partial charge in [-0.15, -0.1) is 0 Å². The van der Waals surface area contributed by atoms with E-state index in [-0.39, 0.29) is 18.4 Å². The fraction of sp³-hybridized carbons (Fsp3) is 0.529. The maximum absolute atomic E-state index is 12.7. The number of halogens is 1. The number of rotatable bonds is 3. The van der Waals surface area contributed by atoms with Crippen molar-refractivity contribution in [1.82, 2.24) is 4.90 Å². The Bertz CT molecular complexity index is 572. The largest absolute Gasteiger partial charge is 0.480 e. The van der Waals surface area contributed by atoms with Gasteiger partial charge in [0.1, 0.15) is 6.04 Å². The van der Waals surface area contributed by atoms with Gasteiger partial charge in [0.2, 0.25) is 5.91 Å². The molecule has 0 bridgehead atoms. The molecule has 1 amide bonds. The molecule has 1 aliphatic carbocycles. The lowest BCUT2D eigenvalue weighted by atomic mass is 9.84. The van der Waals surface area contributed by atoms with E-state index in [1.165, 1.54) is 0 Å². The molecule has 1 saturated heterocycles.